The number of hydrogen-bond acceptors (Lipinski definition) is 5. The molecule has 2 aromatic carbocycles. The van der Waals surface area contributed by atoms with Crippen LogP contribution in [0.15, 0.2) is 41.3 Å². The van der Waals surface area contributed by atoms with Crippen LogP contribution >= 0.6 is 11.6 Å². The minimum absolute atomic E-state index is 0.00791. The molecule has 1 N–H and O–H groups in total. The first-order chi connectivity index (χ1) is 11.2. The van der Waals surface area contributed by atoms with Gasteiger partial charge in [0.05, 0.1) is 22.2 Å². The van der Waals surface area contributed by atoms with Crippen LogP contribution in [0, 0.1) is 18.3 Å². The predicted molar refractivity (Wildman–Crippen MR) is 93.0 cm³/mol. The predicted octanol–water partition coefficient (Wildman–Crippen LogP) is 3.26. The van der Waals surface area contributed by atoms with Crippen LogP contribution in [0.3, 0.4) is 0 Å². The third-order valence-electron chi connectivity index (χ3n) is 3.48. The second kappa shape index (κ2) is 7.04. The topological polar surface area (TPSA) is 87.0 Å². The highest BCUT2D eigenvalue weighted by molar-refractivity contribution is 7.90. The average Bonchev–Trinajstić information content (AvgIpc) is 2.51. The van der Waals surface area contributed by atoms with Gasteiger partial charge < -0.3 is 5.32 Å². The maximum absolute atomic E-state index is 12.0. The van der Waals surface area contributed by atoms with Gasteiger partial charge in [-0.05, 0) is 53.9 Å². The fourth-order valence-electron chi connectivity index (χ4n) is 2.29. The molecule has 0 aliphatic rings. The molecule has 2 rings (SSSR count). The molecule has 0 aliphatic carbocycles. The zero-order valence-corrected chi connectivity index (χ0v) is 14.7. The third-order valence-corrected chi connectivity index (χ3v) is 4.82. The Bertz CT molecular complexity index is 947. The van der Waals surface area contributed by atoms with Gasteiger partial charge in [0.15, 0.2) is 9.84 Å². The summed E-state index contributed by atoms with van der Waals surface area (Å²) in [4.78, 5) is 11.4. The van der Waals surface area contributed by atoms with E-state index < -0.39 is 15.1 Å². The summed E-state index contributed by atoms with van der Waals surface area (Å²) in [5, 5.41) is 11.3. The van der Waals surface area contributed by atoms with Crippen molar-refractivity contribution in [3.8, 4) is 6.07 Å². The third kappa shape index (κ3) is 4.13. The Kier molecular flexibility index (Phi) is 5.27. The molecule has 0 amide bonds. The van der Waals surface area contributed by atoms with E-state index in [0.29, 0.717) is 23.4 Å². The molecule has 0 spiro atoms. The second-order valence-corrected chi connectivity index (χ2v) is 7.70. The van der Waals surface area contributed by atoms with Gasteiger partial charge in [-0.2, -0.15) is 5.26 Å². The van der Waals surface area contributed by atoms with Crippen molar-refractivity contribution < 1.29 is 13.2 Å². The van der Waals surface area contributed by atoms with Gasteiger partial charge in [-0.15, -0.1) is 0 Å². The molecule has 5 nitrogen and oxygen atoms in total. The molecular formula is C17H15ClN2O3S. The summed E-state index contributed by atoms with van der Waals surface area (Å²) in [5.41, 5.74) is 2.49. The molecular weight excluding hydrogens is 348 g/mol. The van der Waals surface area contributed by atoms with Crippen molar-refractivity contribution in [2.45, 2.75) is 18.4 Å². The Morgan fingerprint density at radius 3 is 2.58 bits per heavy atom. The highest BCUT2D eigenvalue weighted by atomic mass is 35.5. The van der Waals surface area contributed by atoms with Crippen LogP contribution in [0.1, 0.15) is 27.0 Å². The van der Waals surface area contributed by atoms with Crippen molar-refractivity contribution in [2.24, 2.45) is 0 Å². The Labute approximate surface area is 145 Å². The van der Waals surface area contributed by atoms with E-state index in [1.807, 2.05) is 6.07 Å². The number of aryl methyl sites for hydroxylation is 1. The Morgan fingerprint density at radius 2 is 2.00 bits per heavy atom. The largest absolute Gasteiger partial charge is 0.380 e. The van der Waals surface area contributed by atoms with Gasteiger partial charge in [-0.3, -0.25) is 4.79 Å². The van der Waals surface area contributed by atoms with E-state index in [4.69, 9.17) is 16.9 Å². The minimum atomic E-state index is -3.55. The molecule has 0 saturated heterocycles. The molecule has 0 aliphatic heterocycles. The van der Waals surface area contributed by atoms with E-state index in [1.165, 1.54) is 6.07 Å². The van der Waals surface area contributed by atoms with E-state index in [-0.39, 0.29) is 10.5 Å². The molecule has 0 bridgehead atoms. The Morgan fingerprint density at radius 1 is 1.29 bits per heavy atom. The molecule has 0 saturated carbocycles. The molecule has 0 fully saturated rings. The van der Waals surface area contributed by atoms with Crippen LogP contribution < -0.4 is 5.32 Å². The number of halogens is 1. The van der Waals surface area contributed by atoms with Gasteiger partial charge >= 0.3 is 0 Å². The number of rotatable bonds is 5. The number of carbonyl (C=O) groups is 1. The van der Waals surface area contributed by atoms with Gasteiger partial charge in [0.1, 0.15) is 0 Å². The minimum Gasteiger partial charge on any atom is -0.380 e. The Balaban J connectivity index is 2.40. The van der Waals surface area contributed by atoms with Crippen LogP contribution in [0.2, 0.25) is 0 Å². The lowest BCUT2D eigenvalue weighted by molar-refractivity contribution is 0.108. The van der Waals surface area contributed by atoms with Gasteiger partial charge in [-0.25, -0.2) is 8.42 Å². The summed E-state index contributed by atoms with van der Waals surface area (Å²) in [7, 11) is -3.55. The van der Waals surface area contributed by atoms with Gasteiger partial charge in [0.2, 0.25) is 0 Å². The molecule has 24 heavy (non-hydrogen) atoms. The molecule has 0 radical (unpaired) electrons. The van der Waals surface area contributed by atoms with Crippen molar-refractivity contribution in [1.29, 1.82) is 5.26 Å². The fraction of sp³-hybridized carbons (Fsp3) is 0.176. The number of benzene rings is 2. The molecule has 7 heteroatoms. The highest BCUT2D eigenvalue weighted by Crippen LogP contribution is 2.27. The molecule has 2 aromatic rings. The van der Waals surface area contributed by atoms with Crippen molar-refractivity contribution in [2.75, 3.05) is 11.6 Å². The molecule has 0 aromatic heterocycles. The quantitative estimate of drug-likeness (QED) is 0.825. The molecule has 0 heterocycles. The lowest BCUT2D eigenvalue weighted by atomic mass is 10.1. The monoisotopic (exact) mass is 362 g/mol. The smallest absolute Gasteiger partial charge is 0.252 e. The second-order valence-electron chi connectivity index (χ2n) is 5.37. The lowest BCUT2D eigenvalue weighted by Crippen LogP contribution is -2.09. The van der Waals surface area contributed by atoms with Crippen LogP contribution in [0.5, 0.6) is 0 Å². The van der Waals surface area contributed by atoms with Crippen LogP contribution in [0.4, 0.5) is 5.69 Å². The summed E-state index contributed by atoms with van der Waals surface area (Å²) in [5.74, 6) is 0. The Hall–Kier alpha value is -2.36. The van der Waals surface area contributed by atoms with E-state index in [2.05, 4.69) is 11.4 Å². The number of sulfone groups is 1. The van der Waals surface area contributed by atoms with E-state index in [9.17, 15) is 13.2 Å². The van der Waals surface area contributed by atoms with Gasteiger partial charge in [0.25, 0.3) is 5.24 Å². The number of nitrogens with zero attached hydrogens (tertiary/aromatic N) is 1. The molecule has 124 valence electrons. The standard InChI is InChI=1S/C17H15ClN2O3S/c1-11-6-15(16(24(2,22)23)8-14(11)17(18)21)20-10-13-5-3-4-12(7-13)9-19/h3-8,20H,10H2,1-2H3. The summed E-state index contributed by atoms with van der Waals surface area (Å²) in [6.07, 6.45) is 1.07. The maximum atomic E-state index is 12.0. The van der Waals surface area contributed by atoms with Gasteiger partial charge in [-0.1, -0.05) is 12.1 Å². The van der Waals surface area contributed by atoms with E-state index >= 15 is 0 Å². The fourth-order valence-corrected chi connectivity index (χ4v) is 3.36. The number of nitriles is 1. The summed E-state index contributed by atoms with van der Waals surface area (Å²) < 4.78 is 24.0. The lowest BCUT2D eigenvalue weighted by Gasteiger charge is -2.14. The van der Waals surface area contributed by atoms with E-state index in [1.54, 1.807) is 31.2 Å². The maximum Gasteiger partial charge on any atom is 0.252 e. The van der Waals surface area contributed by atoms with Crippen molar-refractivity contribution in [3.63, 3.8) is 0 Å². The van der Waals surface area contributed by atoms with Crippen molar-refractivity contribution in [3.05, 3.63) is 58.7 Å². The summed E-state index contributed by atoms with van der Waals surface area (Å²) in [6, 6.07) is 11.9. The van der Waals surface area contributed by atoms with Crippen LogP contribution in [-0.4, -0.2) is 19.9 Å². The number of hydrogen-bond donors (Lipinski definition) is 1. The number of nitrogens with one attached hydrogen (secondary N) is 1. The van der Waals surface area contributed by atoms with Gasteiger partial charge in [0, 0.05) is 18.4 Å². The average molecular weight is 363 g/mol. The van der Waals surface area contributed by atoms with Crippen LogP contribution in [-0.2, 0) is 16.4 Å². The van der Waals surface area contributed by atoms with E-state index in [0.717, 1.165) is 11.8 Å². The van der Waals surface area contributed by atoms with Crippen molar-refractivity contribution >= 4 is 32.4 Å². The first-order valence-electron chi connectivity index (χ1n) is 7.00. The molecule has 0 unspecified atom stereocenters. The number of carbonyl (C=O) groups excluding carboxylic acids is 1. The first-order valence-corrected chi connectivity index (χ1v) is 9.26. The number of anilines is 1. The highest BCUT2D eigenvalue weighted by Gasteiger charge is 2.18. The van der Waals surface area contributed by atoms with Crippen LogP contribution in [0.25, 0.3) is 0 Å². The zero-order valence-electron chi connectivity index (χ0n) is 13.1. The normalized spacial score (nSPS) is 10.9. The zero-order chi connectivity index (χ0) is 17.9. The first kappa shape index (κ1) is 18.0. The summed E-state index contributed by atoms with van der Waals surface area (Å²) in [6.45, 7) is 2.02. The SMILES string of the molecule is Cc1cc(NCc2cccc(C#N)c2)c(S(C)(=O)=O)cc1C(=O)Cl. The van der Waals surface area contributed by atoms with Crippen molar-refractivity contribution in [1.82, 2.24) is 0 Å². The molecule has 0 atom stereocenters. The summed E-state index contributed by atoms with van der Waals surface area (Å²) >= 11 is 5.50.